The maximum Gasteiger partial charge on any atom is 0.258 e. The van der Waals surface area contributed by atoms with Crippen molar-refractivity contribution >= 4 is 16.7 Å². The molecular weight excluding hydrogens is 264 g/mol. The van der Waals surface area contributed by atoms with Gasteiger partial charge in [-0.25, -0.2) is 0 Å². The van der Waals surface area contributed by atoms with Crippen LogP contribution in [-0.4, -0.2) is 34.8 Å². The first-order chi connectivity index (χ1) is 9.02. The highest BCUT2D eigenvalue weighted by Gasteiger charge is 2.10. The minimum absolute atomic E-state index is 0.167. The van der Waals surface area contributed by atoms with Crippen molar-refractivity contribution in [2.24, 2.45) is 0 Å². The van der Waals surface area contributed by atoms with Crippen molar-refractivity contribution in [3.8, 4) is 11.8 Å². The van der Waals surface area contributed by atoms with Crippen molar-refractivity contribution in [1.82, 2.24) is 5.32 Å². The minimum atomic E-state index is -0.956. The standard InChI is InChI=1S/C13H16N2O3S/c1-10(9-19(2)17)15-13(16)8-18-12-6-4-3-5-11(12)7-14/h3-6,10H,8-9H2,1-2H3,(H,15,16). The zero-order chi connectivity index (χ0) is 14.3. The van der Waals surface area contributed by atoms with Gasteiger partial charge >= 0.3 is 0 Å². The maximum absolute atomic E-state index is 11.6. The first-order valence-electron chi connectivity index (χ1n) is 5.74. The molecule has 0 aliphatic carbocycles. The van der Waals surface area contributed by atoms with Gasteiger partial charge in [0.2, 0.25) is 0 Å². The van der Waals surface area contributed by atoms with E-state index in [1.807, 2.05) is 6.07 Å². The van der Waals surface area contributed by atoms with E-state index in [9.17, 15) is 9.00 Å². The highest BCUT2D eigenvalue weighted by molar-refractivity contribution is 7.84. The van der Waals surface area contributed by atoms with E-state index < -0.39 is 10.8 Å². The summed E-state index contributed by atoms with van der Waals surface area (Å²) in [6.07, 6.45) is 1.59. The van der Waals surface area contributed by atoms with Crippen molar-refractivity contribution in [3.63, 3.8) is 0 Å². The Kier molecular flexibility index (Phi) is 6.03. The van der Waals surface area contributed by atoms with E-state index >= 15 is 0 Å². The lowest BCUT2D eigenvalue weighted by molar-refractivity contribution is -0.123. The summed E-state index contributed by atoms with van der Waals surface area (Å²) in [5, 5.41) is 11.5. The Balaban J connectivity index is 2.46. The summed E-state index contributed by atoms with van der Waals surface area (Å²) in [6.45, 7) is 1.61. The van der Waals surface area contributed by atoms with Crippen LogP contribution in [-0.2, 0) is 15.6 Å². The molecule has 5 nitrogen and oxygen atoms in total. The number of para-hydroxylation sites is 1. The molecule has 2 unspecified atom stereocenters. The van der Waals surface area contributed by atoms with Gasteiger partial charge in [-0.1, -0.05) is 12.1 Å². The fourth-order valence-corrected chi connectivity index (χ4v) is 2.33. The molecule has 0 fully saturated rings. The molecule has 1 rings (SSSR count). The highest BCUT2D eigenvalue weighted by atomic mass is 32.2. The van der Waals surface area contributed by atoms with Crippen LogP contribution in [0.2, 0.25) is 0 Å². The molecule has 0 aliphatic rings. The summed E-state index contributed by atoms with van der Waals surface area (Å²) >= 11 is 0. The number of ether oxygens (including phenoxy) is 1. The van der Waals surface area contributed by atoms with Gasteiger partial charge in [-0.3, -0.25) is 9.00 Å². The van der Waals surface area contributed by atoms with E-state index in [-0.39, 0.29) is 18.6 Å². The number of rotatable bonds is 6. The fraction of sp³-hybridized carbons (Fsp3) is 0.385. The zero-order valence-electron chi connectivity index (χ0n) is 10.9. The number of hydrogen-bond acceptors (Lipinski definition) is 4. The Labute approximate surface area is 115 Å². The average Bonchev–Trinajstić information content (AvgIpc) is 2.35. The Morgan fingerprint density at radius 3 is 2.84 bits per heavy atom. The van der Waals surface area contributed by atoms with Gasteiger partial charge in [0.05, 0.1) is 5.56 Å². The lowest BCUT2D eigenvalue weighted by Gasteiger charge is -2.13. The first-order valence-corrected chi connectivity index (χ1v) is 7.47. The molecule has 0 aromatic heterocycles. The Morgan fingerprint density at radius 2 is 2.21 bits per heavy atom. The summed E-state index contributed by atoms with van der Waals surface area (Å²) in [6, 6.07) is 8.53. The lowest BCUT2D eigenvalue weighted by Crippen LogP contribution is -2.39. The number of hydrogen-bond donors (Lipinski definition) is 1. The molecule has 0 saturated heterocycles. The highest BCUT2D eigenvalue weighted by Crippen LogP contribution is 2.16. The summed E-state index contributed by atoms with van der Waals surface area (Å²) in [5.74, 6) is 0.484. The molecule has 102 valence electrons. The zero-order valence-corrected chi connectivity index (χ0v) is 11.7. The van der Waals surface area contributed by atoms with E-state index in [0.29, 0.717) is 17.1 Å². The van der Waals surface area contributed by atoms with E-state index in [1.54, 1.807) is 37.4 Å². The third-order valence-electron chi connectivity index (χ3n) is 2.26. The Hall–Kier alpha value is -1.87. The predicted molar refractivity (Wildman–Crippen MR) is 73.2 cm³/mol. The number of nitrogens with one attached hydrogen (secondary N) is 1. The molecule has 0 aliphatic heterocycles. The molecule has 1 amide bonds. The molecule has 1 aromatic carbocycles. The number of carbonyl (C=O) groups excluding carboxylic acids is 1. The molecule has 19 heavy (non-hydrogen) atoms. The van der Waals surface area contributed by atoms with Gasteiger partial charge in [-0.2, -0.15) is 5.26 Å². The van der Waals surface area contributed by atoms with E-state index in [2.05, 4.69) is 5.32 Å². The SMILES string of the molecule is CC(CS(C)=O)NC(=O)COc1ccccc1C#N. The van der Waals surface area contributed by atoms with Gasteiger partial charge in [0, 0.05) is 28.9 Å². The average molecular weight is 280 g/mol. The molecule has 0 radical (unpaired) electrons. The Morgan fingerprint density at radius 1 is 1.53 bits per heavy atom. The van der Waals surface area contributed by atoms with Gasteiger partial charge in [0.25, 0.3) is 5.91 Å². The number of amides is 1. The fourth-order valence-electron chi connectivity index (χ4n) is 1.54. The third kappa shape index (κ3) is 5.53. The van der Waals surface area contributed by atoms with Gasteiger partial charge < -0.3 is 10.1 Å². The molecule has 0 bridgehead atoms. The van der Waals surface area contributed by atoms with Crippen molar-refractivity contribution < 1.29 is 13.7 Å². The first kappa shape index (κ1) is 15.2. The number of nitriles is 1. The normalized spacial score (nSPS) is 13.1. The summed E-state index contributed by atoms with van der Waals surface area (Å²) in [7, 11) is -0.956. The van der Waals surface area contributed by atoms with E-state index in [0.717, 1.165) is 0 Å². The largest absolute Gasteiger partial charge is 0.482 e. The number of carbonyl (C=O) groups is 1. The van der Waals surface area contributed by atoms with Gasteiger partial charge in [-0.15, -0.1) is 0 Å². The summed E-state index contributed by atoms with van der Waals surface area (Å²) in [4.78, 5) is 11.6. The van der Waals surface area contributed by atoms with Crippen LogP contribution in [0.15, 0.2) is 24.3 Å². The smallest absolute Gasteiger partial charge is 0.258 e. The van der Waals surface area contributed by atoms with Crippen LogP contribution >= 0.6 is 0 Å². The second-order valence-corrected chi connectivity index (χ2v) is 5.58. The second kappa shape index (κ2) is 7.54. The van der Waals surface area contributed by atoms with Crippen LogP contribution < -0.4 is 10.1 Å². The van der Waals surface area contributed by atoms with Gasteiger partial charge in [0.15, 0.2) is 6.61 Å². The quantitative estimate of drug-likeness (QED) is 0.836. The van der Waals surface area contributed by atoms with Crippen molar-refractivity contribution in [3.05, 3.63) is 29.8 Å². The van der Waals surface area contributed by atoms with Crippen molar-refractivity contribution in [2.45, 2.75) is 13.0 Å². The van der Waals surface area contributed by atoms with Crippen LogP contribution in [0.25, 0.3) is 0 Å². The lowest BCUT2D eigenvalue weighted by atomic mass is 10.2. The second-order valence-electron chi connectivity index (χ2n) is 4.11. The molecule has 6 heteroatoms. The molecule has 0 heterocycles. The topological polar surface area (TPSA) is 79.2 Å². The third-order valence-corrected chi connectivity index (χ3v) is 3.23. The van der Waals surface area contributed by atoms with Gasteiger partial charge in [-0.05, 0) is 19.1 Å². The van der Waals surface area contributed by atoms with E-state index in [1.165, 1.54) is 0 Å². The van der Waals surface area contributed by atoms with Crippen molar-refractivity contribution in [1.29, 1.82) is 5.26 Å². The minimum Gasteiger partial charge on any atom is -0.482 e. The van der Waals surface area contributed by atoms with Crippen LogP contribution in [0, 0.1) is 11.3 Å². The van der Waals surface area contributed by atoms with Crippen molar-refractivity contribution in [2.75, 3.05) is 18.6 Å². The van der Waals surface area contributed by atoms with Crippen LogP contribution in [0.5, 0.6) is 5.75 Å². The molecule has 2 atom stereocenters. The summed E-state index contributed by atoms with van der Waals surface area (Å²) < 4.78 is 16.3. The summed E-state index contributed by atoms with van der Waals surface area (Å²) in [5.41, 5.74) is 0.387. The molecular formula is C13H16N2O3S. The van der Waals surface area contributed by atoms with Crippen LogP contribution in [0.3, 0.4) is 0 Å². The molecule has 1 N–H and O–H groups in total. The van der Waals surface area contributed by atoms with Crippen LogP contribution in [0.1, 0.15) is 12.5 Å². The van der Waals surface area contributed by atoms with Crippen LogP contribution in [0.4, 0.5) is 0 Å². The number of benzene rings is 1. The molecule has 0 spiro atoms. The number of nitrogens with zero attached hydrogens (tertiary/aromatic N) is 1. The van der Waals surface area contributed by atoms with Gasteiger partial charge in [0.1, 0.15) is 11.8 Å². The molecule has 0 saturated carbocycles. The maximum atomic E-state index is 11.6. The predicted octanol–water partition coefficient (Wildman–Crippen LogP) is 0.820. The monoisotopic (exact) mass is 280 g/mol. The van der Waals surface area contributed by atoms with E-state index in [4.69, 9.17) is 10.00 Å². The Bertz CT molecular complexity index is 511. The molecule has 1 aromatic rings.